The summed E-state index contributed by atoms with van der Waals surface area (Å²) in [5.74, 6) is 0.913. The molecule has 0 unspecified atom stereocenters. The third-order valence-electron chi connectivity index (χ3n) is 6.96. The molecule has 2 aromatic heterocycles. The van der Waals surface area contributed by atoms with Crippen molar-refractivity contribution in [2.75, 3.05) is 0 Å². The quantitative estimate of drug-likeness (QED) is 0.284. The van der Waals surface area contributed by atoms with Gasteiger partial charge in [0.2, 0.25) is 0 Å². The Morgan fingerprint density at radius 1 is 0.694 bits per heavy atom. The maximum Gasteiger partial charge on any atom is 0.106 e. The molecule has 0 amide bonds. The Labute approximate surface area is 211 Å². The number of para-hydroxylation sites is 2. The summed E-state index contributed by atoms with van der Waals surface area (Å²) in [6.07, 6.45) is -0.593. The van der Waals surface area contributed by atoms with E-state index in [9.17, 15) is 5.11 Å². The summed E-state index contributed by atoms with van der Waals surface area (Å²) in [6, 6.07) is 35.8. The van der Waals surface area contributed by atoms with E-state index in [0.29, 0.717) is 13.1 Å². The van der Waals surface area contributed by atoms with Crippen molar-refractivity contribution in [1.29, 1.82) is 0 Å². The van der Waals surface area contributed by atoms with Gasteiger partial charge in [-0.3, -0.25) is 0 Å². The molecular weight excluding hydrogens is 442 g/mol. The van der Waals surface area contributed by atoms with Gasteiger partial charge in [-0.15, -0.1) is 0 Å². The van der Waals surface area contributed by atoms with Crippen LogP contribution in [0.25, 0.3) is 44.3 Å². The van der Waals surface area contributed by atoms with Crippen LogP contribution in [0.1, 0.15) is 11.4 Å². The first-order valence-corrected chi connectivity index (χ1v) is 12.4. The van der Waals surface area contributed by atoms with Crippen LogP contribution in [0, 0.1) is 13.8 Å². The highest BCUT2D eigenvalue weighted by Gasteiger charge is 2.22. The van der Waals surface area contributed by atoms with E-state index in [1.807, 2.05) is 31.2 Å². The number of aryl methyl sites for hydroxylation is 2. The normalized spacial score (nSPS) is 12.4. The van der Waals surface area contributed by atoms with Crippen LogP contribution in [-0.4, -0.2) is 25.3 Å². The monoisotopic (exact) mass is 471 g/mol. The van der Waals surface area contributed by atoms with Crippen LogP contribution in [0.2, 0.25) is 0 Å². The van der Waals surface area contributed by atoms with E-state index in [0.717, 1.165) is 33.6 Å². The molecule has 2 heterocycles. The number of hydrogen-bond acceptors (Lipinski definition) is 2. The molecule has 0 aliphatic heterocycles. The molecule has 0 fully saturated rings. The Bertz CT molecular complexity index is 1660. The molecule has 0 aliphatic carbocycles. The summed E-state index contributed by atoms with van der Waals surface area (Å²) >= 11 is 0. The van der Waals surface area contributed by atoms with Gasteiger partial charge < -0.3 is 14.2 Å². The molecule has 0 spiro atoms. The molecule has 0 saturated heterocycles. The third-order valence-corrected chi connectivity index (χ3v) is 6.96. The van der Waals surface area contributed by atoms with E-state index in [1.54, 1.807) is 0 Å². The number of rotatable bonds is 6. The van der Waals surface area contributed by atoms with Crippen molar-refractivity contribution in [3.63, 3.8) is 0 Å². The number of aliphatic hydroxyl groups is 1. The van der Waals surface area contributed by atoms with Gasteiger partial charge in [0.15, 0.2) is 0 Å². The number of nitrogens with zero attached hydrogens (tertiary/aromatic N) is 3. The van der Waals surface area contributed by atoms with Crippen LogP contribution < -0.4 is 0 Å². The summed E-state index contributed by atoms with van der Waals surface area (Å²) < 4.78 is 4.42. The third kappa shape index (κ3) is 3.90. The Morgan fingerprint density at radius 3 is 2.08 bits per heavy atom. The fraction of sp³-hybridized carbons (Fsp3) is 0.156. The highest BCUT2D eigenvalue weighted by Crippen LogP contribution is 2.41. The molecule has 0 radical (unpaired) electrons. The molecule has 6 rings (SSSR count). The lowest BCUT2D eigenvalue weighted by Crippen LogP contribution is -2.23. The number of benzene rings is 4. The van der Waals surface area contributed by atoms with Crippen LogP contribution in [0.15, 0.2) is 103 Å². The molecule has 6 aromatic rings. The van der Waals surface area contributed by atoms with Gasteiger partial charge in [0, 0.05) is 16.5 Å². The van der Waals surface area contributed by atoms with Gasteiger partial charge in [0.1, 0.15) is 5.82 Å². The second-order valence-electron chi connectivity index (χ2n) is 9.50. The molecule has 178 valence electrons. The maximum absolute atomic E-state index is 11.5. The summed E-state index contributed by atoms with van der Waals surface area (Å²) in [5, 5.41) is 12.7. The first kappa shape index (κ1) is 22.3. The van der Waals surface area contributed by atoms with Gasteiger partial charge in [-0.1, -0.05) is 84.4 Å². The van der Waals surface area contributed by atoms with E-state index in [1.165, 1.54) is 22.1 Å². The molecule has 1 N–H and O–H groups in total. The van der Waals surface area contributed by atoms with Gasteiger partial charge in [0.05, 0.1) is 35.9 Å². The van der Waals surface area contributed by atoms with Crippen molar-refractivity contribution in [2.24, 2.45) is 0 Å². The zero-order valence-electron chi connectivity index (χ0n) is 20.6. The van der Waals surface area contributed by atoms with Gasteiger partial charge in [0.25, 0.3) is 0 Å². The summed E-state index contributed by atoms with van der Waals surface area (Å²) in [5.41, 5.74) is 9.02. The number of aromatic nitrogens is 3. The number of aliphatic hydroxyl groups excluding tert-OH is 1. The average Bonchev–Trinajstić information content (AvgIpc) is 3.38. The molecule has 36 heavy (non-hydrogen) atoms. The highest BCUT2D eigenvalue weighted by molar-refractivity contribution is 6.04. The van der Waals surface area contributed by atoms with E-state index in [2.05, 4.69) is 99.9 Å². The Kier molecular flexibility index (Phi) is 5.67. The molecule has 0 saturated carbocycles. The lowest BCUT2D eigenvalue weighted by molar-refractivity contribution is 0.137. The van der Waals surface area contributed by atoms with Gasteiger partial charge in [-0.05, 0) is 49.2 Å². The zero-order chi connectivity index (χ0) is 24.6. The minimum absolute atomic E-state index is 0.475. The average molecular weight is 472 g/mol. The predicted molar refractivity (Wildman–Crippen MR) is 148 cm³/mol. The Hall–Kier alpha value is -4.15. The van der Waals surface area contributed by atoms with Crippen LogP contribution >= 0.6 is 0 Å². The smallest absolute Gasteiger partial charge is 0.106 e. The van der Waals surface area contributed by atoms with Crippen molar-refractivity contribution in [3.8, 4) is 22.4 Å². The summed E-state index contributed by atoms with van der Waals surface area (Å²) in [6.45, 7) is 5.09. The van der Waals surface area contributed by atoms with Crippen LogP contribution in [-0.2, 0) is 13.1 Å². The Balaban J connectivity index is 1.51. The van der Waals surface area contributed by atoms with Crippen LogP contribution in [0.3, 0.4) is 0 Å². The summed E-state index contributed by atoms with van der Waals surface area (Å²) in [7, 11) is 0. The number of fused-ring (bicyclic) bond motifs is 2. The van der Waals surface area contributed by atoms with Crippen molar-refractivity contribution in [2.45, 2.75) is 33.0 Å². The van der Waals surface area contributed by atoms with E-state index in [-0.39, 0.29) is 0 Å². The minimum Gasteiger partial charge on any atom is -0.389 e. The fourth-order valence-electron chi connectivity index (χ4n) is 5.36. The van der Waals surface area contributed by atoms with Gasteiger partial charge in [-0.2, -0.15) is 0 Å². The molecule has 1 atom stereocenters. The Morgan fingerprint density at radius 2 is 1.33 bits per heavy atom. The highest BCUT2D eigenvalue weighted by atomic mass is 16.3. The second-order valence-corrected chi connectivity index (χ2v) is 9.50. The van der Waals surface area contributed by atoms with Crippen molar-refractivity contribution >= 4 is 21.9 Å². The lowest BCUT2D eigenvalue weighted by atomic mass is 9.98. The molecule has 4 aromatic carbocycles. The van der Waals surface area contributed by atoms with Crippen LogP contribution in [0.5, 0.6) is 0 Å². The molecule has 4 nitrogen and oxygen atoms in total. The molecular formula is C32H29N3O. The second kappa shape index (κ2) is 9.14. The van der Waals surface area contributed by atoms with E-state index < -0.39 is 6.10 Å². The standard InChI is InChI=1S/C32H29N3O/c1-22-17-18-29-27(19-22)31(24-11-5-3-6-12-24)32(25-13-7-4-8-14-25)35(29)21-26(36)20-34-23(2)33-28-15-9-10-16-30(28)34/h3-19,26,36H,20-21H2,1-2H3/t26-/m0/s1. The topological polar surface area (TPSA) is 43.0 Å². The number of hydrogen-bond donors (Lipinski definition) is 1. The van der Waals surface area contributed by atoms with Crippen molar-refractivity contribution < 1.29 is 5.11 Å². The number of imidazole rings is 1. The molecule has 0 aliphatic rings. The van der Waals surface area contributed by atoms with Crippen molar-refractivity contribution in [1.82, 2.24) is 14.1 Å². The SMILES string of the molecule is Cc1ccc2c(c1)c(-c1ccccc1)c(-c1ccccc1)n2C[C@@H](O)Cn1c(C)nc2ccccc21. The summed E-state index contributed by atoms with van der Waals surface area (Å²) in [4.78, 5) is 4.69. The minimum atomic E-state index is -0.593. The molecule has 0 bridgehead atoms. The fourth-order valence-corrected chi connectivity index (χ4v) is 5.36. The van der Waals surface area contributed by atoms with Crippen LogP contribution in [0.4, 0.5) is 0 Å². The first-order chi connectivity index (χ1) is 17.6. The first-order valence-electron chi connectivity index (χ1n) is 12.4. The maximum atomic E-state index is 11.5. The van der Waals surface area contributed by atoms with Crippen molar-refractivity contribution in [3.05, 3.63) is 115 Å². The lowest BCUT2D eigenvalue weighted by Gasteiger charge is -2.18. The van der Waals surface area contributed by atoms with E-state index >= 15 is 0 Å². The predicted octanol–water partition coefficient (Wildman–Crippen LogP) is 7.00. The largest absolute Gasteiger partial charge is 0.389 e. The molecule has 4 heteroatoms. The van der Waals surface area contributed by atoms with E-state index in [4.69, 9.17) is 0 Å². The zero-order valence-corrected chi connectivity index (χ0v) is 20.6. The van der Waals surface area contributed by atoms with Gasteiger partial charge >= 0.3 is 0 Å². The van der Waals surface area contributed by atoms with Gasteiger partial charge in [-0.25, -0.2) is 4.98 Å².